The fraction of sp³-hybridized carbons (Fsp3) is 0.286. The summed E-state index contributed by atoms with van der Waals surface area (Å²) in [5, 5.41) is 15.2. The van der Waals surface area contributed by atoms with Crippen LogP contribution < -0.4 is 4.74 Å². The second-order valence-corrected chi connectivity index (χ2v) is 7.19. The summed E-state index contributed by atoms with van der Waals surface area (Å²) in [6.07, 6.45) is 0.523. The summed E-state index contributed by atoms with van der Waals surface area (Å²) in [4.78, 5) is 62.2. The number of aliphatic hydroxyl groups is 1. The Hall–Kier alpha value is -3.59. The summed E-state index contributed by atoms with van der Waals surface area (Å²) < 4.78 is 5.21. The first-order chi connectivity index (χ1) is 14.5. The van der Waals surface area contributed by atoms with Crippen molar-refractivity contribution in [1.82, 2.24) is 0 Å². The number of aliphatic hydroxyl groups excluding tert-OH is 1. The maximum absolute atomic E-state index is 13.3. The number of rotatable bonds is 5. The van der Waals surface area contributed by atoms with Crippen LogP contribution in [0.3, 0.4) is 0 Å². The third-order valence-corrected chi connectivity index (χ3v) is 5.82. The number of Topliss-reactive ketones (excluding diaryl/α,β-unsaturated/α-hetero) is 1. The highest BCUT2D eigenvalue weighted by Crippen LogP contribution is 2.48. The molecule has 0 unspecified atom stereocenters. The van der Waals surface area contributed by atoms with Gasteiger partial charge in [-0.05, 0) is 46.8 Å². The molecule has 0 radical (unpaired) electrons. The molecule has 9 heteroatoms. The van der Waals surface area contributed by atoms with Crippen molar-refractivity contribution in [2.24, 2.45) is 16.3 Å². The van der Waals surface area contributed by atoms with E-state index in [1.807, 2.05) is 0 Å². The van der Waals surface area contributed by atoms with E-state index in [2.05, 4.69) is 10.4 Å². The molecule has 0 fully saturated rings. The van der Waals surface area contributed by atoms with Gasteiger partial charge in [-0.25, -0.2) is 0 Å². The maximum Gasteiger partial charge on any atom is 0.200 e. The van der Waals surface area contributed by atoms with Crippen LogP contribution in [0.2, 0.25) is 0 Å². The lowest BCUT2D eigenvalue weighted by Gasteiger charge is -2.29. The molecule has 1 atom stereocenters. The van der Waals surface area contributed by atoms with Crippen LogP contribution in [0, 0.1) is 15.7 Å². The van der Waals surface area contributed by atoms with E-state index >= 15 is 0 Å². The van der Waals surface area contributed by atoms with E-state index in [-0.39, 0.29) is 57.8 Å². The molecule has 0 saturated heterocycles. The molecule has 9 nitrogen and oxygen atoms in total. The Kier molecular flexibility index (Phi) is 4.83. The lowest BCUT2D eigenvalue weighted by atomic mass is 9.74. The van der Waals surface area contributed by atoms with Gasteiger partial charge in [0.05, 0.1) is 23.8 Å². The van der Waals surface area contributed by atoms with Gasteiger partial charge in [-0.3, -0.25) is 14.4 Å². The highest BCUT2D eigenvalue weighted by molar-refractivity contribution is 6.32. The van der Waals surface area contributed by atoms with Crippen molar-refractivity contribution in [3.63, 3.8) is 0 Å². The summed E-state index contributed by atoms with van der Waals surface area (Å²) in [5.41, 5.74) is -0.375. The molecule has 0 bridgehead atoms. The van der Waals surface area contributed by atoms with E-state index in [0.717, 1.165) is 0 Å². The molecule has 4 rings (SSSR count). The molecule has 1 N–H and O–H groups in total. The topological polar surface area (TPSA) is 140 Å². The van der Waals surface area contributed by atoms with Gasteiger partial charge in [-0.2, -0.15) is 0 Å². The van der Waals surface area contributed by atoms with Crippen molar-refractivity contribution in [3.8, 4) is 5.75 Å². The van der Waals surface area contributed by atoms with E-state index in [4.69, 9.17) is 4.74 Å². The molecule has 30 heavy (non-hydrogen) atoms. The van der Waals surface area contributed by atoms with Crippen LogP contribution >= 0.6 is 0 Å². The molecule has 2 aliphatic carbocycles. The van der Waals surface area contributed by atoms with Crippen LogP contribution in [0.5, 0.6) is 5.75 Å². The third kappa shape index (κ3) is 2.62. The molecule has 0 saturated carbocycles. The molecule has 0 aliphatic heterocycles. The Morgan fingerprint density at radius 1 is 1.07 bits per heavy atom. The van der Waals surface area contributed by atoms with Gasteiger partial charge < -0.3 is 9.84 Å². The predicted molar refractivity (Wildman–Crippen MR) is 105 cm³/mol. The fourth-order valence-corrected chi connectivity index (χ4v) is 4.41. The van der Waals surface area contributed by atoms with Crippen LogP contribution in [0.15, 0.2) is 28.6 Å². The van der Waals surface area contributed by atoms with E-state index in [0.29, 0.717) is 12.0 Å². The monoisotopic (exact) mass is 408 g/mol. The van der Waals surface area contributed by atoms with Crippen molar-refractivity contribution in [3.05, 3.63) is 61.4 Å². The van der Waals surface area contributed by atoms with Gasteiger partial charge >= 0.3 is 0 Å². The summed E-state index contributed by atoms with van der Waals surface area (Å²) in [5.74, 6) is -2.11. The van der Waals surface area contributed by atoms with E-state index < -0.39 is 29.9 Å². The SMILES string of the molecule is COc1cccc2c1C(=O)c1c(N=O)c3c(c(N=O)c1C2=O)C[C@@H](C(=O)CO)CC3. The number of ketones is 3. The standard InChI is InChI=1S/C21H16N2O7/c1-30-14-4-2-3-11-15(14)21(27)17-16(20(11)26)19(23-29)12-7-9(13(25)8-24)5-6-10(12)18(17)22-28/h2-4,9,24H,5-8H2,1H3/t9-/m0/s1. The van der Waals surface area contributed by atoms with Crippen molar-refractivity contribution in [2.45, 2.75) is 19.3 Å². The highest BCUT2D eigenvalue weighted by Gasteiger charge is 2.41. The number of carbonyl (C=O) groups is 3. The predicted octanol–water partition coefficient (Wildman–Crippen LogP) is 2.93. The Morgan fingerprint density at radius 2 is 1.73 bits per heavy atom. The van der Waals surface area contributed by atoms with Crippen molar-refractivity contribution < 1.29 is 24.2 Å². The first-order valence-corrected chi connectivity index (χ1v) is 9.26. The molecule has 152 valence electrons. The second kappa shape index (κ2) is 7.34. The zero-order valence-corrected chi connectivity index (χ0v) is 15.9. The zero-order chi connectivity index (χ0) is 21.6. The van der Waals surface area contributed by atoms with E-state index in [1.165, 1.54) is 25.3 Å². The van der Waals surface area contributed by atoms with E-state index in [9.17, 15) is 29.3 Å². The van der Waals surface area contributed by atoms with Gasteiger partial charge in [0.15, 0.2) is 11.6 Å². The molecule has 2 aliphatic rings. The number of ether oxygens (including phenoxy) is 1. The molecule has 2 aromatic carbocycles. The maximum atomic E-state index is 13.3. The average Bonchev–Trinajstić information content (AvgIpc) is 2.79. The number of benzene rings is 2. The minimum Gasteiger partial charge on any atom is -0.496 e. The molecule has 0 heterocycles. The van der Waals surface area contributed by atoms with Crippen molar-refractivity contribution >= 4 is 28.7 Å². The summed E-state index contributed by atoms with van der Waals surface area (Å²) >= 11 is 0. The third-order valence-electron chi connectivity index (χ3n) is 5.82. The number of hydrogen-bond acceptors (Lipinski definition) is 9. The summed E-state index contributed by atoms with van der Waals surface area (Å²) in [6, 6.07) is 4.49. The van der Waals surface area contributed by atoms with Crippen LogP contribution in [-0.2, 0) is 17.6 Å². The first-order valence-electron chi connectivity index (χ1n) is 9.26. The summed E-state index contributed by atoms with van der Waals surface area (Å²) in [7, 11) is 1.35. The molecule has 0 aromatic heterocycles. The quantitative estimate of drug-likeness (QED) is 0.640. The van der Waals surface area contributed by atoms with Gasteiger partial charge in [0.1, 0.15) is 23.7 Å². The van der Waals surface area contributed by atoms with Gasteiger partial charge in [0.25, 0.3) is 0 Å². The number of fused-ring (bicyclic) bond motifs is 3. The second-order valence-electron chi connectivity index (χ2n) is 7.19. The Labute approximate surface area is 170 Å². The van der Waals surface area contributed by atoms with Crippen LogP contribution in [0.1, 0.15) is 49.4 Å². The smallest absolute Gasteiger partial charge is 0.200 e. The molecule has 0 amide bonds. The number of hydrogen-bond donors (Lipinski definition) is 1. The normalized spacial score (nSPS) is 16.9. The van der Waals surface area contributed by atoms with Gasteiger partial charge in [-0.1, -0.05) is 12.1 Å². The van der Waals surface area contributed by atoms with Gasteiger partial charge in [0, 0.05) is 11.5 Å². The number of methoxy groups -OCH3 is 1. The Bertz CT molecular complexity index is 1150. The largest absolute Gasteiger partial charge is 0.496 e. The van der Waals surface area contributed by atoms with Crippen LogP contribution in [-0.4, -0.2) is 36.2 Å². The van der Waals surface area contributed by atoms with Crippen LogP contribution in [0.4, 0.5) is 11.4 Å². The van der Waals surface area contributed by atoms with Crippen molar-refractivity contribution in [1.29, 1.82) is 0 Å². The lowest BCUT2D eigenvalue weighted by Crippen LogP contribution is -2.28. The lowest BCUT2D eigenvalue weighted by molar-refractivity contribution is -0.125. The van der Waals surface area contributed by atoms with Crippen LogP contribution in [0.25, 0.3) is 0 Å². The Morgan fingerprint density at radius 3 is 2.37 bits per heavy atom. The highest BCUT2D eigenvalue weighted by atomic mass is 16.5. The minimum absolute atomic E-state index is 0.00310. The molecule has 0 spiro atoms. The fourth-order valence-electron chi connectivity index (χ4n) is 4.41. The van der Waals surface area contributed by atoms with Crippen molar-refractivity contribution in [2.75, 3.05) is 13.7 Å². The first kappa shape index (κ1) is 19.7. The Balaban J connectivity index is 2.04. The number of nitroso groups, excluding NO2 is 2. The molecular weight excluding hydrogens is 392 g/mol. The minimum atomic E-state index is -0.655. The van der Waals surface area contributed by atoms with Gasteiger partial charge in [0.2, 0.25) is 5.78 Å². The molecular formula is C21H16N2O7. The number of nitrogens with zero attached hydrogens (tertiary/aromatic N) is 2. The average molecular weight is 408 g/mol. The molecule has 2 aromatic rings. The van der Waals surface area contributed by atoms with Gasteiger partial charge in [-0.15, -0.1) is 9.81 Å². The zero-order valence-electron chi connectivity index (χ0n) is 15.9. The number of carbonyl (C=O) groups excluding carboxylic acids is 3. The van der Waals surface area contributed by atoms with E-state index in [1.54, 1.807) is 0 Å². The summed E-state index contributed by atoms with van der Waals surface area (Å²) in [6.45, 7) is -0.655.